The summed E-state index contributed by atoms with van der Waals surface area (Å²) in [5, 5.41) is 9.64. The number of esters is 1. The number of carbonyl (C=O) groups excluding carboxylic acids is 1. The first-order valence-electron chi connectivity index (χ1n) is 6.19. The molecule has 1 N–H and O–H groups in total. The highest BCUT2D eigenvalue weighted by molar-refractivity contribution is 5.69. The normalized spacial score (nSPS) is 10.1. The lowest BCUT2D eigenvalue weighted by Crippen LogP contribution is -2.02. The van der Waals surface area contributed by atoms with Gasteiger partial charge in [-0.25, -0.2) is 0 Å². The van der Waals surface area contributed by atoms with E-state index in [0.29, 0.717) is 25.2 Å². The molecule has 0 amide bonds. The summed E-state index contributed by atoms with van der Waals surface area (Å²) in [6, 6.07) is 5.15. The molecule has 0 saturated carbocycles. The zero-order valence-corrected chi connectivity index (χ0v) is 10.9. The molecule has 0 atom stereocenters. The summed E-state index contributed by atoms with van der Waals surface area (Å²) < 4.78 is 10.1. The monoisotopic (exact) mass is 252 g/mol. The molecule has 0 fully saturated rings. The molecule has 4 nitrogen and oxygen atoms in total. The predicted molar refractivity (Wildman–Crippen MR) is 68.8 cm³/mol. The second-order valence-corrected chi connectivity index (χ2v) is 4.08. The molecule has 1 aromatic rings. The van der Waals surface area contributed by atoms with Gasteiger partial charge in [-0.05, 0) is 30.5 Å². The Morgan fingerprint density at radius 2 is 2.17 bits per heavy atom. The number of phenols is 1. The average molecular weight is 252 g/mol. The SMILES string of the molecule is CCCCOc1cc(CCC(=O)OC)ccc1O. The predicted octanol–water partition coefficient (Wildman–Crippen LogP) is 2.68. The third-order valence-electron chi connectivity index (χ3n) is 2.63. The lowest BCUT2D eigenvalue weighted by Gasteiger charge is -2.09. The average Bonchev–Trinajstić information content (AvgIpc) is 2.39. The number of hydrogen-bond acceptors (Lipinski definition) is 4. The Hall–Kier alpha value is -1.71. The van der Waals surface area contributed by atoms with E-state index in [0.717, 1.165) is 18.4 Å². The Morgan fingerprint density at radius 3 is 2.83 bits per heavy atom. The minimum atomic E-state index is -0.239. The molecule has 0 aliphatic carbocycles. The van der Waals surface area contributed by atoms with Crippen molar-refractivity contribution >= 4 is 5.97 Å². The van der Waals surface area contributed by atoms with Crippen molar-refractivity contribution in [2.24, 2.45) is 0 Å². The van der Waals surface area contributed by atoms with Gasteiger partial charge in [0, 0.05) is 6.42 Å². The number of hydrogen-bond donors (Lipinski definition) is 1. The molecule has 18 heavy (non-hydrogen) atoms. The number of aromatic hydroxyl groups is 1. The van der Waals surface area contributed by atoms with Gasteiger partial charge in [0.1, 0.15) is 0 Å². The molecule has 0 heterocycles. The molecular weight excluding hydrogens is 232 g/mol. The molecular formula is C14H20O4. The van der Waals surface area contributed by atoms with Crippen molar-refractivity contribution in [2.75, 3.05) is 13.7 Å². The molecule has 0 aliphatic heterocycles. The van der Waals surface area contributed by atoms with Gasteiger partial charge in [-0.3, -0.25) is 4.79 Å². The Bertz CT molecular complexity index is 387. The molecule has 100 valence electrons. The van der Waals surface area contributed by atoms with E-state index in [1.54, 1.807) is 18.2 Å². The molecule has 0 radical (unpaired) electrons. The van der Waals surface area contributed by atoms with Crippen LogP contribution in [0, 0.1) is 0 Å². The van der Waals surface area contributed by atoms with E-state index < -0.39 is 0 Å². The molecule has 0 aliphatic rings. The highest BCUT2D eigenvalue weighted by atomic mass is 16.5. The number of ether oxygens (including phenoxy) is 2. The lowest BCUT2D eigenvalue weighted by molar-refractivity contribution is -0.140. The smallest absolute Gasteiger partial charge is 0.305 e. The van der Waals surface area contributed by atoms with Crippen LogP contribution in [0.2, 0.25) is 0 Å². The van der Waals surface area contributed by atoms with Gasteiger partial charge in [0.05, 0.1) is 13.7 Å². The van der Waals surface area contributed by atoms with Crippen molar-refractivity contribution in [1.82, 2.24) is 0 Å². The summed E-state index contributed by atoms with van der Waals surface area (Å²) in [5.74, 6) is 0.371. The minimum absolute atomic E-state index is 0.132. The van der Waals surface area contributed by atoms with Crippen molar-refractivity contribution in [2.45, 2.75) is 32.6 Å². The molecule has 1 rings (SSSR count). The summed E-state index contributed by atoms with van der Waals surface area (Å²) >= 11 is 0. The van der Waals surface area contributed by atoms with Crippen molar-refractivity contribution in [1.29, 1.82) is 0 Å². The molecule has 0 unspecified atom stereocenters. The number of rotatable bonds is 7. The maximum Gasteiger partial charge on any atom is 0.305 e. The number of carbonyl (C=O) groups is 1. The van der Waals surface area contributed by atoms with Gasteiger partial charge in [-0.1, -0.05) is 19.4 Å². The van der Waals surface area contributed by atoms with Gasteiger partial charge in [0.15, 0.2) is 11.5 Å². The van der Waals surface area contributed by atoms with Gasteiger partial charge in [-0.2, -0.15) is 0 Å². The number of benzene rings is 1. The minimum Gasteiger partial charge on any atom is -0.504 e. The standard InChI is InChI=1S/C14H20O4/c1-3-4-9-18-13-10-11(5-7-12(13)15)6-8-14(16)17-2/h5,7,10,15H,3-4,6,8-9H2,1-2H3. The largest absolute Gasteiger partial charge is 0.504 e. The Kier molecular flexibility index (Phi) is 6.05. The van der Waals surface area contributed by atoms with Gasteiger partial charge < -0.3 is 14.6 Å². The molecule has 0 bridgehead atoms. The number of methoxy groups -OCH3 is 1. The van der Waals surface area contributed by atoms with Crippen LogP contribution < -0.4 is 4.74 Å². The first-order valence-corrected chi connectivity index (χ1v) is 6.19. The Labute approximate surface area is 108 Å². The summed E-state index contributed by atoms with van der Waals surface area (Å²) in [7, 11) is 1.37. The van der Waals surface area contributed by atoms with Crippen LogP contribution in [-0.2, 0) is 16.0 Å². The van der Waals surface area contributed by atoms with Gasteiger partial charge >= 0.3 is 5.97 Å². The Balaban J connectivity index is 2.59. The van der Waals surface area contributed by atoms with Crippen LogP contribution in [0.3, 0.4) is 0 Å². The van der Waals surface area contributed by atoms with Crippen molar-refractivity contribution < 1.29 is 19.4 Å². The van der Waals surface area contributed by atoms with Crippen molar-refractivity contribution in [3.05, 3.63) is 23.8 Å². The van der Waals surface area contributed by atoms with Crippen molar-refractivity contribution in [3.63, 3.8) is 0 Å². The maximum absolute atomic E-state index is 11.0. The summed E-state index contributed by atoms with van der Waals surface area (Å²) in [5.41, 5.74) is 0.949. The molecule has 1 aromatic carbocycles. The second-order valence-electron chi connectivity index (χ2n) is 4.08. The zero-order valence-electron chi connectivity index (χ0n) is 10.9. The van der Waals surface area contributed by atoms with Crippen molar-refractivity contribution in [3.8, 4) is 11.5 Å². The first kappa shape index (κ1) is 14.4. The summed E-state index contributed by atoms with van der Waals surface area (Å²) in [4.78, 5) is 11.0. The van der Waals surface area contributed by atoms with Gasteiger partial charge in [0.2, 0.25) is 0 Å². The maximum atomic E-state index is 11.0. The number of phenolic OH excluding ortho intramolecular Hbond substituents is 1. The zero-order chi connectivity index (χ0) is 13.4. The van der Waals surface area contributed by atoms with Crippen LogP contribution in [0.4, 0.5) is 0 Å². The quantitative estimate of drug-likeness (QED) is 0.598. The van der Waals surface area contributed by atoms with Crippen LogP contribution in [0.25, 0.3) is 0 Å². The molecule has 4 heteroatoms. The summed E-state index contributed by atoms with van der Waals surface area (Å²) in [6.45, 7) is 2.67. The van der Waals surface area contributed by atoms with E-state index >= 15 is 0 Å². The van der Waals surface area contributed by atoms with Crippen LogP contribution >= 0.6 is 0 Å². The fourth-order valence-electron chi connectivity index (χ4n) is 1.50. The van der Waals surface area contributed by atoms with E-state index in [-0.39, 0.29) is 11.7 Å². The van der Waals surface area contributed by atoms with E-state index in [4.69, 9.17) is 4.74 Å². The second kappa shape index (κ2) is 7.58. The fourth-order valence-corrected chi connectivity index (χ4v) is 1.50. The van der Waals surface area contributed by atoms with Crippen LogP contribution in [0.1, 0.15) is 31.7 Å². The summed E-state index contributed by atoms with van der Waals surface area (Å²) in [6.07, 6.45) is 2.90. The number of aryl methyl sites for hydroxylation is 1. The number of unbranched alkanes of at least 4 members (excludes halogenated alkanes) is 1. The topological polar surface area (TPSA) is 55.8 Å². The third-order valence-corrected chi connectivity index (χ3v) is 2.63. The van der Waals surface area contributed by atoms with E-state index in [1.165, 1.54) is 7.11 Å². The van der Waals surface area contributed by atoms with E-state index in [1.807, 2.05) is 0 Å². The third kappa shape index (κ3) is 4.65. The first-order chi connectivity index (χ1) is 8.67. The van der Waals surface area contributed by atoms with Crippen LogP contribution in [0.15, 0.2) is 18.2 Å². The highest BCUT2D eigenvalue weighted by Gasteiger charge is 2.06. The van der Waals surface area contributed by atoms with Crippen LogP contribution in [-0.4, -0.2) is 24.8 Å². The Morgan fingerprint density at radius 1 is 1.39 bits per heavy atom. The fraction of sp³-hybridized carbons (Fsp3) is 0.500. The van der Waals surface area contributed by atoms with Gasteiger partial charge in [0.25, 0.3) is 0 Å². The molecule has 0 spiro atoms. The van der Waals surface area contributed by atoms with E-state index in [9.17, 15) is 9.90 Å². The lowest BCUT2D eigenvalue weighted by atomic mass is 10.1. The molecule has 0 aromatic heterocycles. The van der Waals surface area contributed by atoms with E-state index in [2.05, 4.69) is 11.7 Å². The molecule has 0 saturated heterocycles. The van der Waals surface area contributed by atoms with Crippen LogP contribution in [0.5, 0.6) is 11.5 Å². The van der Waals surface area contributed by atoms with Gasteiger partial charge in [-0.15, -0.1) is 0 Å². The highest BCUT2D eigenvalue weighted by Crippen LogP contribution is 2.27.